The highest BCUT2D eigenvalue weighted by Gasteiger charge is 2.22. The Morgan fingerprint density at radius 2 is 2.18 bits per heavy atom. The number of nitrogens with one attached hydrogen (secondary N) is 1. The molecule has 0 bridgehead atoms. The predicted octanol–water partition coefficient (Wildman–Crippen LogP) is 1.65. The highest BCUT2D eigenvalue weighted by molar-refractivity contribution is 7.13. The summed E-state index contributed by atoms with van der Waals surface area (Å²) >= 11 is 1.58. The predicted molar refractivity (Wildman–Crippen MR) is 83.5 cm³/mol. The quantitative estimate of drug-likeness (QED) is 0.927. The maximum absolute atomic E-state index is 11.8. The number of carbonyl (C=O) groups excluding carboxylic acids is 1. The molecule has 3 heterocycles. The average Bonchev–Trinajstić information content (AvgIpc) is 3.19. The molecule has 2 amide bonds. The molecule has 1 fully saturated rings. The second kappa shape index (κ2) is 6.89. The molecule has 118 valence electrons. The summed E-state index contributed by atoms with van der Waals surface area (Å²) in [5.41, 5.74) is 0. The van der Waals surface area contributed by atoms with Crippen molar-refractivity contribution in [3.63, 3.8) is 0 Å². The third-order valence-electron chi connectivity index (χ3n) is 3.55. The summed E-state index contributed by atoms with van der Waals surface area (Å²) in [6.45, 7) is 6.28. The number of thiophene rings is 1. The largest absolute Gasteiger partial charge is 0.419 e. The van der Waals surface area contributed by atoms with Crippen LogP contribution in [0.3, 0.4) is 0 Å². The number of piperazine rings is 1. The van der Waals surface area contributed by atoms with Gasteiger partial charge >= 0.3 is 6.03 Å². The van der Waals surface area contributed by atoms with Gasteiger partial charge in [0.25, 0.3) is 5.89 Å². The Kier molecular flexibility index (Phi) is 4.69. The van der Waals surface area contributed by atoms with Gasteiger partial charge in [-0.2, -0.15) is 0 Å². The number of aromatic nitrogens is 2. The van der Waals surface area contributed by atoms with E-state index in [1.165, 1.54) is 0 Å². The van der Waals surface area contributed by atoms with Crippen LogP contribution in [0.2, 0.25) is 0 Å². The fourth-order valence-corrected chi connectivity index (χ4v) is 3.02. The van der Waals surface area contributed by atoms with E-state index in [0.29, 0.717) is 24.9 Å². The van der Waals surface area contributed by atoms with E-state index in [-0.39, 0.29) is 6.03 Å². The molecule has 1 N–H and O–H groups in total. The second-order valence-corrected chi connectivity index (χ2v) is 6.02. The zero-order valence-corrected chi connectivity index (χ0v) is 13.3. The molecule has 0 radical (unpaired) electrons. The molecule has 2 aromatic rings. The van der Waals surface area contributed by atoms with Gasteiger partial charge in [0, 0.05) is 32.7 Å². The first-order valence-corrected chi connectivity index (χ1v) is 8.25. The molecular weight excluding hydrogens is 302 g/mol. The smallest absolute Gasteiger partial charge is 0.317 e. The van der Waals surface area contributed by atoms with Crippen LogP contribution >= 0.6 is 11.3 Å². The molecule has 0 aliphatic carbocycles. The highest BCUT2D eigenvalue weighted by atomic mass is 32.1. The third-order valence-corrected chi connectivity index (χ3v) is 4.40. The van der Waals surface area contributed by atoms with E-state index in [0.717, 1.165) is 31.1 Å². The van der Waals surface area contributed by atoms with Crippen LogP contribution in [0.15, 0.2) is 21.9 Å². The Bertz CT molecular complexity index is 605. The van der Waals surface area contributed by atoms with Crippen molar-refractivity contribution in [2.45, 2.75) is 13.5 Å². The number of hydrogen-bond donors (Lipinski definition) is 1. The Morgan fingerprint density at radius 3 is 2.86 bits per heavy atom. The van der Waals surface area contributed by atoms with Crippen LogP contribution < -0.4 is 5.32 Å². The molecule has 1 aliphatic rings. The van der Waals surface area contributed by atoms with Gasteiger partial charge in [0.15, 0.2) is 0 Å². The van der Waals surface area contributed by atoms with Gasteiger partial charge in [-0.25, -0.2) is 4.79 Å². The monoisotopic (exact) mass is 321 g/mol. The van der Waals surface area contributed by atoms with E-state index in [4.69, 9.17) is 4.42 Å². The van der Waals surface area contributed by atoms with Gasteiger partial charge in [-0.3, -0.25) is 4.90 Å². The molecule has 0 aromatic carbocycles. The van der Waals surface area contributed by atoms with Crippen molar-refractivity contribution in [2.24, 2.45) is 0 Å². The lowest BCUT2D eigenvalue weighted by atomic mass is 10.3. The first kappa shape index (κ1) is 15.0. The first-order valence-electron chi connectivity index (χ1n) is 7.37. The minimum absolute atomic E-state index is 0.0138. The normalized spacial score (nSPS) is 16.0. The van der Waals surface area contributed by atoms with Crippen molar-refractivity contribution in [1.29, 1.82) is 0 Å². The maximum atomic E-state index is 11.8. The van der Waals surface area contributed by atoms with Crippen LogP contribution in [0, 0.1) is 0 Å². The molecule has 1 saturated heterocycles. The van der Waals surface area contributed by atoms with Crippen LogP contribution in [-0.2, 0) is 6.54 Å². The summed E-state index contributed by atoms with van der Waals surface area (Å²) in [6, 6.07) is 3.94. The van der Waals surface area contributed by atoms with Gasteiger partial charge in [-0.05, 0) is 18.4 Å². The van der Waals surface area contributed by atoms with Crippen molar-refractivity contribution in [2.75, 3.05) is 32.7 Å². The standard InChI is InChI=1S/C14H19N5O2S/c1-2-15-14(20)19-7-5-18(6-8-19)10-12-16-17-13(21-12)11-4-3-9-22-11/h3-4,9H,2,5-8,10H2,1H3,(H,15,20). The molecule has 0 unspecified atom stereocenters. The molecule has 8 heteroatoms. The van der Waals surface area contributed by atoms with Gasteiger partial charge in [0.2, 0.25) is 5.89 Å². The van der Waals surface area contributed by atoms with Crippen molar-refractivity contribution < 1.29 is 9.21 Å². The molecule has 2 aromatic heterocycles. The van der Waals surface area contributed by atoms with Gasteiger partial charge in [0.05, 0.1) is 11.4 Å². The lowest BCUT2D eigenvalue weighted by Crippen LogP contribution is -2.51. The average molecular weight is 321 g/mol. The Labute approximate surface area is 132 Å². The van der Waals surface area contributed by atoms with Crippen molar-refractivity contribution in [1.82, 2.24) is 25.3 Å². The van der Waals surface area contributed by atoms with Crippen molar-refractivity contribution in [3.05, 3.63) is 23.4 Å². The Morgan fingerprint density at radius 1 is 1.36 bits per heavy atom. The van der Waals surface area contributed by atoms with E-state index in [1.807, 2.05) is 29.3 Å². The van der Waals surface area contributed by atoms with E-state index >= 15 is 0 Å². The molecule has 0 saturated carbocycles. The number of carbonyl (C=O) groups is 1. The van der Waals surface area contributed by atoms with Gasteiger partial charge in [-0.1, -0.05) is 6.07 Å². The summed E-state index contributed by atoms with van der Waals surface area (Å²) in [5.74, 6) is 1.20. The van der Waals surface area contributed by atoms with Gasteiger partial charge < -0.3 is 14.6 Å². The summed E-state index contributed by atoms with van der Waals surface area (Å²) in [4.78, 5) is 16.8. The summed E-state index contributed by atoms with van der Waals surface area (Å²) in [6.07, 6.45) is 0. The number of amides is 2. The van der Waals surface area contributed by atoms with E-state index in [9.17, 15) is 4.79 Å². The van der Waals surface area contributed by atoms with Crippen LogP contribution in [0.25, 0.3) is 10.8 Å². The van der Waals surface area contributed by atoms with Crippen LogP contribution in [-0.4, -0.2) is 58.8 Å². The fourth-order valence-electron chi connectivity index (χ4n) is 2.38. The van der Waals surface area contributed by atoms with Crippen molar-refractivity contribution in [3.8, 4) is 10.8 Å². The Balaban J connectivity index is 1.52. The first-order chi connectivity index (χ1) is 10.8. The minimum atomic E-state index is 0.0138. The third kappa shape index (κ3) is 3.45. The molecule has 7 nitrogen and oxygen atoms in total. The molecule has 0 atom stereocenters. The molecular formula is C14H19N5O2S. The number of hydrogen-bond acceptors (Lipinski definition) is 6. The minimum Gasteiger partial charge on any atom is -0.419 e. The summed E-state index contributed by atoms with van der Waals surface area (Å²) in [7, 11) is 0. The maximum Gasteiger partial charge on any atom is 0.317 e. The topological polar surface area (TPSA) is 74.5 Å². The molecule has 1 aliphatic heterocycles. The highest BCUT2D eigenvalue weighted by Crippen LogP contribution is 2.23. The van der Waals surface area contributed by atoms with Gasteiger partial charge in [0.1, 0.15) is 0 Å². The molecule has 22 heavy (non-hydrogen) atoms. The lowest BCUT2D eigenvalue weighted by Gasteiger charge is -2.33. The Hall–Kier alpha value is -1.93. The molecule has 0 spiro atoms. The van der Waals surface area contributed by atoms with Crippen LogP contribution in [0.1, 0.15) is 12.8 Å². The zero-order valence-electron chi connectivity index (χ0n) is 12.5. The molecule has 3 rings (SSSR count). The summed E-state index contributed by atoms with van der Waals surface area (Å²) < 4.78 is 5.70. The number of rotatable bonds is 4. The van der Waals surface area contributed by atoms with E-state index < -0.39 is 0 Å². The second-order valence-electron chi connectivity index (χ2n) is 5.08. The SMILES string of the molecule is CCNC(=O)N1CCN(Cc2nnc(-c3cccs3)o2)CC1. The van der Waals surface area contributed by atoms with Crippen LogP contribution in [0.5, 0.6) is 0 Å². The van der Waals surface area contributed by atoms with E-state index in [1.54, 1.807) is 11.3 Å². The van der Waals surface area contributed by atoms with Gasteiger partial charge in [-0.15, -0.1) is 21.5 Å². The number of nitrogens with zero attached hydrogens (tertiary/aromatic N) is 4. The zero-order chi connectivity index (χ0) is 15.4. The van der Waals surface area contributed by atoms with Crippen molar-refractivity contribution >= 4 is 17.4 Å². The fraction of sp³-hybridized carbons (Fsp3) is 0.500. The summed E-state index contributed by atoms with van der Waals surface area (Å²) in [5, 5.41) is 13.0. The van der Waals surface area contributed by atoms with E-state index in [2.05, 4.69) is 20.4 Å². The lowest BCUT2D eigenvalue weighted by molar-refractivity contribution is 0.129. The number of urea groups is 1. The van der Waals surface area contributed by atoms with Crippen LogP contribution in [0.4, 0.5) is 4.79 Å².